The minimum atomic E-state index is -0.167. The highest BCUT2D eigenvalue weighted by atomic mass is 16.5. The smallest absolute Gasteiger partial charge is 0.311 e. The van der Waals surface area contributed by atoms with Gasteiger partial charge >= 0.3 is 5.97 Å². The number of fused-ring (bicyclic) bond motifs is 2. The van der Waals surface area contributed by atoms with Crippen LogP contribution < -0.4 is 15.3 Å². The summed E-state index contributed by atoms with van der Waals surface area (Å²) in [5, 5.41) is 7.09. The first-order chi connectivity index (χ1) is 17.1. The molecular formula is C29H38N4O2. The minimum Gasteiger partial charge on any atom is -0.427 e. The van der Waals surface area contributed by atoms with Crippen molar-refractivity contribution in [1.29, 1.82) is 0 Å². The maximum atomic E-state index is 12.4. The molecule has 0 aliphatic heterocycles. The number of benzene rings is 2. The molecule has 0 aliphatic carbocycles. The van der Waals surface area contributed by atoms with E-state index in [-0.39, 0.29) is 5.97 Å². The first-order valence-corrected chi connectivity index (χ1v) is 13.1. The SMILES string of the molecule is CC/C=c1\c2cc(OC(=O)CCCCC)ccc2n2cnc3ccc(NCCN(CC)CC)c1c32. The molecule has 0 unspecified atom stereocenters. The molecular weight excluding hydrogens is 436 g/mol. The molecule has 1 N–H and O–H groups in total. The Balaban J connectivity index is 1.80. The molecule has 2 heterocycles. The van der Waals surface area contributed by atoms with Crippen molar-refractivity contribution in [1.82, 2.24) is 14.3 Å². The van der Waals surface area contributed by atoms with Gasteiger partial charge in [0.15, 0.2) is 0 Å². The number of rotatable bonds is 12. The third-order valence-electron chi connectivity index (χ3n) is 6.76. The van der Waals surface area contributed by atoms with Gasteiger partial charge in [0.1, 0.15) is 12.1 Å². The summed E-state index contributed by atoms with van der Waals surface area (Å²) in [6, 6.07) is 10.2. The number of hydrogen-bond acceptors (Lipinski definition) is 5. The Morgan fingerprint density at radius 1 is 1.11 bits per heavy atom. The number of nitrogens with one attached hydrogen (secondary N) is 1. The largest absolute Gasteiger partial charge is 0.427 e. The normalized spacial score (nSPS) is 12.4. The Bertz CT molecular complexity index is 1350. The standard InChI is InChI=1S/C29H38N4O2/c1-5-9-10-12-27(34)35-21-13-16-26-23(19-21)22(11-6-2)28-24(30-17-18-32(7-3)8-4)14-15-25-29(28)33(26)20-31-25/h11,13-16,19-20,30H,5-10,12,17-18H2,1-4H3/b22-11+. The van der Waals surface area contributed by atoms with Crippen molar-refractivity contribution in [2.24, 2.45) is 0 Å². The zero-order valence-electron chi connectivity index (χ0n) is 21.6. The van der Waals surface area contributed by atoms with E-state index in [0.717, 1.165) is 84.7 Å². The molecule has 4 rings (SSSR count). The average molecular weight is 475 g/mol. The van der Waals surface area contributed by atoms with Crippen molar-refractivity contribution in [3.8, 4) is 5.75 Å². The summed E-state index contributed by atoms with van der Waals surface area (Å²) < 4.78 is 7.89. The van der Waals surface area contributed by atoms with Crippen molar-refractivity contribution < 1.29 is 9.53 Å². The highest BCUT2D eigenvalue weighted by Gasteiger charge is 2.16. The van der Waals surface area contributed by atoms with E-state index in [1.165, 1.54) is 5.39 Å². The molecule has 0 aliphatic rings. The Morgan fingerprint density at radius 3 is 2.69 bits per heavy atom. The number of anilines is 1. The van der Waals surface area contributed by atoms with Crippen LogP contribution in [-0.2, 0) is 4.79 Å². The molecule has 0 atom stereocenters. The fourth-order valence-electron chi connectivity index (χ4n) is 4.85. The molecule has 6 nitrogen and oxygen atoms in total. The highest BCUT2D eigenvalue weighted by molar-refractivity contribution is 6.08. The predicted octanol–water partition coefficient (Wildman–Crippen LogP) is 5.79. The second-order valence-corrected chi connectivity index (χ2v) is 9.06. The van der Waals surface area contributed by atoms with Gasteiger partial charge in [0.25, 0.3) is 0 Å². The van der Waals surface area contributed by atoms with Crippen LogP contribution in [0.5, 0.6) is 5.75 Å². The maximum absolute atomic E-state index is 12.4. The summed E-state index contributed by atoms with van der Waals surface area (Å²) in [7, 11) is 0. The van der Waals surface area contributed by atoms with E-state index in [0.29, 0.717) is 12.2 Å². The highest BCUT2D eigenvalue weighted by Crippen LogP contribution is 2.30. The number of imidazole rings is 1. The fourth-order valence-corrected chi connectivity index (χ4v) is 4.85. The molecule has 0 saturated heterocycles. The summed E-state index contributed by atoms with van der Waals surface area (Å²) in [5.41, 5.74) is 4.27. The summed E-state index contributed by atoms with van der Waals surface area (Å²) >= 11 is 0. The number of esters is 1. The third-order valence-corrected chi connectivity index (χ3v) is 6.76. The number of aromatic nitrogens is 2. The van der Waals surface area contributed by atoms with Gasteiger partial charge in [-0.2, -0.15) is 0 Å². The lowest BCUT2D eigenvalue weighted by molar-refractivity contribution is -0.134. The summed E-state index contributed by atoms with van der Waals surface area (Å²) in [4.78, 5) is 19.5. The lowest BCUT2D eigenvalue weighted by atomic mass is 10.0. The van der Waals surface area contributed by atoms with Gasteiger partial charge in [-0.05, 0) is 61.5 Å². The second kappa shape index (κ2) is 11.5. The molecule has 0 amide bonds. The monoisotopic (exact) mass is 474 g/mol. The number of ether oxygens (including phenoxy) is 1. The summed E-state index contributed by atoms with van der Waals surface area (Å²) in [6.07, 6.45) is 8.51. The molecule has 0 radical (unpaired) electrons. The van der Waals surface area contributed by atoms with Crippen molar-refractivity contribution in [3.05, 3.63) is 41.9 Å². The molecule has 186 valence electrons. The van der Waals surface area contributed by atoms with Crippen LogP contribution in [-0.4, -0.2) is 46.4 Å². The van der Waals surface area contributed by atoms with Crippen molar-refractivity contribution in [2.45, 2.75) is 59.8 Å². The van der Waals surface area contributed by atoms with Crippen LogP contribution in [0.15, 0.2) is 36.7 Å². The topological polar surface area (TPSA) is 58.9 Å². The van der Waals surface area contributed by atoms with E-state index in [1.807, 2.05) is 24.5 Å². The molecule has 0 fully saturated rings. The quantitative estimate of drug-likeness (QED) is 0.122. The number of unbranched alkanes of at least 4 members (excludes halogenated alkanes) is 2. The van der Waals surface area contributed by atoms with Gasteiger partial charge < -0.3 is 15.0 Å². The summed E-state index contributed by atoms with van der Waals surface area (Å²) in [6.45, 7) is 12.6. The van der Waals surface area contributed by atoms with Gasteiger partial charge in [0.05, 0.1) is 16.6 Å². The Labute approximate surface area is 207 Å². The molecule has 0 bridgehead atoms. The van der Waals surface area contributed by atoms with Crippen LogP contribution in [0.2, 0.25) is 0 Å². The number of carbonyl (C=O) groups is 1. The predicted molar refractivity (Wildman–Crippen MR) is 146 cm³/mol. The first-order valence-electron chi connectivity index (χ1n) is 13.1. The number of nitrogens with zero attached hydrogens (tertiary/aromatic N) is 3. The van der Waals surface area contributed by atoms with E-state index >= 15 is 0 Å². The first kappa shape index (κ1) is 25.0. The molecule has 2 aromatic carbocycles. The number of hydrogen-bond donors (Lipinski definition) is 1. The number of pyridine rings is 1. The van der Waals surface area contributed by atoms with Gasteiger partial charge in [-0.3, -0.25) is 9.20 Å². The van der Waals surface area contributed by atoms with E-state index in [4.69, 9.17) is 4.74 Å². The van der Waals surface area contributed by atoms with Crippen LogP contribution in [0.3, 0.4) is 0 Å². The Morgan fingerprint density at radius 2 is 1.94 bits per heavy atom. The van der Waals surface area contributed by atoms with Gasteiger partial charge in [0, 0.05) is 36.0 Å². The van der Waals surface area contributed by atoms with E-state index in [2.05, 4.69) is 65.5 Å². The fraction of sp³-hybridized carbons (Fsp3) is 0.448. The van der Waals surface area contributed by atoms with Gasteiger partial charge in [-0.25, -0.2) is 4.98 Å². The molecule has 0 saturated carbocycles. The van der Waals surface area contributed by atoms with Crippen LogP contribution >= 0.6 is 0 Å². The molecule has 35 heavy (non-hydrogen) atoms. The number of likely N-dealkylation sites (N-methyl/N-ethyl adjacent to an activating group) is 1. The van der Waals surface area contributed by atoms with Crippen molar-refractivity contribution in [3.63, 3.8) is 0 Å². The van der Waals surface area contributed by atoms with E-state index in [9.17, 15) is 4.79 Å². The van der Waals surface area contributed by atoms with Gasteiger partial charge in [-0.15, -0.1) is 0 Å². The molecule has 6 heteroatoms. The van der Waals surface area contributed by atoms with Crippen LogP contribution in [0.4, 0.5) is 5.69 Å². The lowest BCUT2D eigenvalue weighted by Crippen LogP contribution is -2.28. The minimum absolute atomic E-state index is 0.167. The van der Waals surface area contributed by atoms with Crippen LogP contribution in [0.25, 0.3) is 33.4 Å². The van der Waals surface area contributed by atoms with E-state index in [1.54, 1.807) is 0 Å². The van der Waals surface area contributed by atoms with Crippen molar-refractivity contribution >= 4 is 45.1 Å². The third kappa shape index (κ3) is 5.27. The van der Waals surface area contributed by atoms with Crippen LogP contribution in [0, 0.1) is 0 Å². The average Bonchev–Trinajstić information content (AvgIpc) is 3.30. The Kier molecular flexibility index (Phi) is 8.24. The number of carbonyl (C=O) groups excluding carboxylic acids is 1. The van der Waals surface area contributed by atoms with Gasteiger partial charge in [0.2, 0.25) is 0 Å². The summed E-state index contributed by atoms with van der Waals surface area (Å²) in [5.74, 6) is 0.429. The molecule has 0 spiro atoms. The van der Waals surface area contributed by atoms with E-state index < -0.39 is 0 Å². The maximum Gasteiger partial charge on any atom is 0.311 e. The Hall–Kier alpha value is -3.12. The zero-order valence-corrected chi connectivity index (χ0v) is 21.6. The molecule has 2 aromatic heterocycles. The molecule has 4 aromatic rings. The van der Waals surface area contributed by atoms with Crippen molar-refractivity contribution in [2.75, 3.05) is 31.5 Å². The second-order valence-electron chi connectivity index (χ2n) is 9.06. The van der Waals surface area contributed by atoms with Crippen LogP contribution in [0.1, 0.15) is 59.8 Å². The van der Waals surface area contributed by atoms with Gasteiger partial charge in [-0.1, -0.05) is 46.6 Å². The zero-order chi connectivity index (χ0) is 24.8. The lowest BCUT2D eigenvalue weighted by Gasteiger charge is -2.19.